The van der Waals surface area contributed by atoms with Gasteiger partial charge in [-0.25, -0.2) is 4.85 Å². The topological polar surface area (TPSA) is 71.4 Å². The Morgan fingerprint density at radius 3 is 2.92 bits per heavy atom. The number of fused-ring (bicyclic) bond motifs is 1. The Morgan fingerprint density at radius 2 is 2.20 bits per heavy atom. The zero-order valence-electron chi connectivity index (χ0n) is 13.7. The number of aromatic nitrogens is 2. The van der Waals surface area contributed by atoms with Gasteiger partial charge in [-0.3, -0.25) is 9.89 Å². The first-order chi connectivity index (χ1) is 12.2. The number of hydrogen-bond donors (Lipinski definition) is 2. The van der Waals surface area contributed by atoms with Crippen molar-refractivity contribution in [2.24, 2.45) is 0 Å². The van der Waals surface area contributed by atoms with Crippen LogP contribution in [0, 0.1) is 6.57 Å². The highest BCUT2D eigenvalue weighted by Gasteiger charge is 2.32. The summed E-state index contributed by atoms with van der Waals surface area (Å²) in [6.07, 6.45) is 2.29. The Bertz CT molecular complexity index is 866. The molecule has 2 N–H and O–H groups in total. The molecule has 6 nitrogen and oxygen atoms in total. The summed E-state index contributed by atoms with van der Waals surface area (Å²) in [5, 5.41) is 10.8. The van der Waals surface area contributed by atoms with Gasteiger partial charge in [-0.15, -0.1) is 0 Å². The van der Waals surface area contributed by atoms with Gasteiger partial charge in [0.15, 0.2) is 5.70 Å². The standard InChI is InChI=1S/C18H17ClN4O2/c1-3-25-15(24)9-8-14-17(20-2)16(11-6-4-5-7-13(11)19)12-10-21-23-18(12)22-14/h4-7,10,16H,3,8-9H2,1H3,(H2,21,22,23). The lowest BCUT2D eigenvalue weighted by molar-refractivity contribution is -0.143. The highest BCUT2D eigenvalue weighted by molar-refractivity contribution is 6.31. The lowest BCUT2D eigenvalue weighted by atomic mass is 9.86. The number of allylic oxidation sites excluding steroid dienone is 2. The van der Waals surface area contributed by atoms with Crippen molar-refractivity contribution in [3.05, 3.63) is 69.4 Å². The second kappa shape index (κ2) is 7.41. The largest absolute Gasteiger partial charge is 0.466 e. The summed E-state index contributed by atoms with van der Waals surface area (Å²) in [7, 11) is 0. The van der Waals surface area contributed by atoms with Crippen LogP contribution < -0.4 is 5.32 Å². The normalized spacial score (nSPS) is 16.0. The van der Waals surface area contributed by atoms with E-state index in [2.05, 4.69) is 20.4 Å². The van der Waals surface area contributed by atoms with Crippen LogP contribution in [0.2, 0.25) is 5.02 Å². The number of hydrogen-bond acceptors (Lipinski definition) is 4. The molecule has 2 aromatic rings. The number of H-pyrrole nitrogens is 1. The van der Waals surface area contributed by atoms with Crippen LogP contribution in [0.1, 0.15) is 36.8 Å². The zero-order valence-corrected chi connectivity index (χ0v) is 14.4. The summed E-state index contributed by atoms with van der Waals surface area (Å²) >= 11 is 6.38. The Labute approximate surface area is 150 Å². The van der Waals surface area contributed by atoms with Crippen LogP contribution in [0.4, 0.5) is 5.82 Å². The van der Waals surface area contributed by atoms with Crippen LogP contribution in [-0.4, -0.2) is 22.8 Å². The van der Waals surface area contributed by atoms with Crippen molar-refractivity contribution in [3.63, 3.8) is 0 Å². The maximum Gasteiger partial charge on any atom is 0.306 e. The minimum atomic E-state index is -0.321. The van der Waals surface area contributed by atoms with E-state index < -0.39 is 0 Å². The Balaban J connectivity index is 2.01. The highest BCUT2D eigenvalue weighted by Crippen LogP contribution is 2.44. The molecule has 0 spiro atoms. The van der Waals surface area contributed by atoms with Crippen molar-refractivity contribution in [1.29, 1.82) is 0 Å². The number of rotatable bonds is 5. The first kappa shape index (κ1) is 17.1. The molecule has 1 aromatic heterocycles. The molecule has 25 heavy (non-hydrogen) atoms. The molecule has 128 valence electrons. The molecular weight excluding hydrogens is 340 g/mol. The Kier molecular flexibility index (Phi) is 5.05. The number of carbonyl (C=O) groups excluding carboxylic acids is 1. The van der Waals surface area contributed by atoms with Gasteiger partial charge in [0.25, 0.3) is 0 Å². The first-order valence-corrected chi connectivity index (χ1v) is 8.34. The summed E-state index contributed by atoms with van der Waals surface area (Å²) in [5.41, 5.74) is 2.91. The molecule has 0 fully saturated rings. The average Bonchev–Trinajstić information content (AvgIpc) is 3.07. The number of aromatic amines is 1. The van der Waals surface area contributed by atoms with Gasteiger partial charge in [-0.05, 0) is 25.0 Å². The maximum absolute atomic E-state index is 11.7. The number of nitrogens with one attached hydrogen (secondary N) is 2. The van der Waals surface area contributed by atoms with Gasteiger partial charge in [-0.2, -0.15) is 5.10 Å². The molecule has 1 aromatic carbocycles. The van der Waals surface area contributed by atoms with E-state index >= 15 is 0 Å². The molecule has 0 radical (unpaired) electrons. The van der Waals surface area contributed by atoms with E-state index in [9.17, 15) is 4.79 Å². The van der Waals surface area contributed by atoms with Crippen molar-refractivity contribution in [2.75, 3.05) is 11.9 Å². The summed E-state index contributed by atoms with van der Waals surface area (Å²) in [6.45, 7) is 9.79. The van der Waals surface area contributed by atoms with Crippen molar-refractivity contribution >= 4 is 23.4 Å². The van der Waals surface area contributed by atoms with E-state index in [1.54, 1.807) is 19.2 Å². The van der Waals surface area contributed by atoms with Gasteiger partial charge in [0.2, 0.25) is 0 Å². The lowest BCUT2D eigenvalue weighted by Gasteiger charge is -2.26. The predicted molar refractivity (Wildman–Crippen MR) is 95.0 cm³/mol. The van der Waals surface area contributed by atoms with Gasteiger partial charge in [-0.1, -0.05) is 29.8 Å². The SMILES string of the molecule is [C-]#[N+]C1=C(CCC(=O)OCC)Nc2[nH]ncc2C1c1ccccc1Cl. The Hall–Kier alpha value is -2.78. The number of ether oxygens (including phenoxy) is 1. The molecule has 0 saturated carbocycles. The summed E-state index contributed by atoms with van der Waals surface area (Å²) < 4.78 is 4.98. The molecule has 0 bridgehead atoms. The minimum Gasteiger partial charge on any atom is -0.466 e. The molecule has 1 aliphatic heterocycles. The van der Waals surface area contributed by atoms with Gasteiger partial charge < -0.3 is 10.1 Å². The minimum absolute atomic E-state index is 0.202. The number of anilines is 1. The summed E-state index contributed by atoms with van der Waals surface area (Å²) in [5.74, 6) is 0.111. The van der Waals surface area contributed by atoms with Crippen molar-refractivity contribution in [1.82, 2.24) is 10.2 Å². The monoisotopic (exact) mass is 356 g/mol. The molecule has 7 heteroatoms. The third-order valence-corrected chi connectivity index (χ3v) is 4.40. The second-order valence-electron chi connectivity index (χ2n) is 5.56. The number of halogens is 1. The third-order valence-electron chi connectivity index (χ3n) is 4.06. The van der Waals surface area contributed by atoms with Crippen molar-refractivity contribution in [2.45, 2.75) is 25.7 Å². The molecule has 1 aliphatic rings. The number of nitrogens with zero attached hydrogens (tertiary/aromatic N) is 2. The van der Waals surface area contributed by atoms with Crippen molar-refractivity contribution < 1.29 is 9.53 Å². The Morgan fingerprint density at radius 1 is 1.40 bits per heavy atom. The van der Waals surface area contributed by atoms with Crippen LogP contribution in [0.3, 0.4) is 0 Å². The van der Waals surface area contributed by atoms with E-state index in [4.69, 9.17) is 22.9 Å². The fraction of sp³-hybridized carbons (Fsp3) is 0.278. The van der Waals surface area contributed by atoms with Gasteiger partial charge in [0.05, 0.1) is 25.3 Å². The fourth-order valence-electron chi connectivity index (χ4n) is 2.96. The number of carbonyl (C=O) groups is 1. The van der Waals surface area contributed by atoms with E-state index in [-0.39, 0.29) is 18.3 Å². The molecular formula is C18H17ClN4O2. The van der Waals surface area contributed by atoms with Gasteiger partial charge >= 0.3 is 5.97 Å². The quantitative estimate of drug-likeness (QED) is 0.625. The molecule has 1 unspecified atom stereocenters. The fourth-order valence-corrected chi connectivity index (χ4v) is 3.20. The molecule has 2 heterocycles. The number of esters is 1. The van der Waals surface area contributed by atoms with Gasteiger partial charge in [0, 0.05) is 22.7 Å². The summed E-state index contributed by atoms with van der Waals surface area (Å²) in [4.78, 5) is 15.4. The van der Waals surface area contributed by atoms with Crippen LogP contribution >= 0.6 is 11.6 Å². The molecule has 0 amide bonds. The van der Waals surface area contributed by atoms with E-state index in [1.165, 1.54) is 0 Å². The summed E-state index contributed by atoms with van der Waals surface area (Å²) in [6, 6.07) is 7.46. The van der Waals surface area contributed by atoms with E-state index in [0.717, 1.165) is 16.9 Å². The first-order valence-electron chi connectivity index (χ1n) is 7.96. The van der Waals surface area contributed by atoms with E-state index in [0.29, 0.717) is 29.4 Å². The van der Waals surface area contributed by atoms with Crippen LogP contribution in [0.5, 0.6) is 0 Å². The molecule has 0 saturated heterocycles. The second-order valence-corrected chi connectivity index (χ2v) is 5.97. The number of benzene rings is 1. The van der Waals surface area contributed by atoms with Crippen molar-refractivity contribution in [3.8, 4) is 0 Å². The van der Waals surface area contributed by atoms with Crippen LogP contribution in [0.15, 0.2) is 41.9 Å². The van der Waals surface area contributed by atoms with Gasteiger partial charge in [0.1, 0.15) is 5.82 Å². The lowest BCUT2D eigenvalue weighted by Crippen LogP contribution is -2.18. The molecule has 0 aliphatic carbocycles. The predicted octanol–water partition coefficient (Wildman–Crippen LogP) is 4.09. The smallest absolute Gasteiger partial charge is 0.306 e. The highest BCUT2D eigenvalue weighted by atomic mass is 35.5. The maximum atomic E-state index is 11.7. The zero-order chi connectivity index (χ0) is 17.8. The van der Waals surface area contributed by atoms with Crippen LogP contribution in [0.25, 0.3) is 4.85 Å². The average molecular weight is 357 g/mol. The van der Waals surface area contributed by atoms with Crippen LogP contribution in [-0.2, 0) is 9.53 Å². The molecule has 3 rings (SSSR count). The molecule has 1 atom stereocenters. The van der Waals surface area contributed by atoms with E-state index in [1.807, 2.05) is 18.2 Å². The third kappa shape index (κ3) is 3.37.